The zero-order valence-electron chi connectivity index (χ0n) is 20.3. The first-order valence-electron chi connectivity index (χ1n) is 9.88. The van der Waals surface area contributed by atoms with Crippen LogP contribution in [0.15, 0.2) is 0 Å². The van der Waals surface area contributed by atoms with Gasteiger partial charge in [-0.05, 0) is 0 Å². The third-order valence-electron chi connectivity index (χ3n) is 5.16. The molecule has 0 aromatic heterocycles. The third-order valence-corrected chi connectivity index (χ3v) is 11.7. The molecule has 0 saturated heterocycles. The van der Waals surface area contributed by atoms with Crippen LogP contribution >= 0.6 is 20.2 Å². The summed E-state index contributed by atoms with van der Waals surface area (Å²) in [5.41, 5.74) is 0. The van der Waals surface area contributed by atoms with Crippen molar-refractivity contribution in [3.63, 3.8) is 0 Å². The van der Waals surface area contributed by atoms with Gasteiger partial charge in [-0.2, -0.15) is 0 Å². The summed E-state index contributed by atoms with van der Waals surface area (Å²) >= 11 is -8.39. The maximum atomic E-state index is 14.6. The van der Waals surface area contributed by atoms with Gasteiger partial charge in [0, 0.05) is 0 Å². The van der Waals surface area contributed by atoms with Gasteiger partial charge in [0.1, 0.15) is 0 Å². The van der Waals surface area contributed by atoms with Crippen molar-refractivity contribution in [3.05, 3.63) is 32.7 Å². The van der Waals surface area contributed by atoms with Gasteiger partial charge in [0.15, 0.2) is 0 Å². The Bertz CT molecular complexity index is 1490. The molecule has 0 spiro atoms. The van der Waals surface area contributed by atoms with Crippen molar-refractivity contribution in [3.8, 4) is 0 Å². The summed E-state index contributed by atoms with van der Waals surface area (Å²) in [5, 5.41) is 0. The molecule has 0 unspecified atom stereocenters. The van der Waals surface area contributed by atoms with Crippen molar-refractivity contribution in [2.45, 2.75) is 57.5 Å². The van der Waals surface area contributed by atoms with Gasteiger partial charge in [0.2, 0.25) is 0 Å². The molecule has 1 aromatic rings. The third kappa shape index (κ3) is 5.84. The summed E-state index contributed by atoms with van der Waals surface area (Å²) < 4.78 is 373. The normalized spacial score (nSPS) is 16.0. The fourth-order valence-corrected chi connectivity index (χ4v) is 8.49. The molecule has 0 fully saturated rings. The van der Waals surface area contributed by atoms with Gasteiger partial charge in [-0.3, -0.25) is 0 Å². The molecule has 0 amide bonds. The molecular weight excluding hydrogens is 909 g/mol. The quantitative estimate of drug-likeness (QED) is 0.0569. The minimum atomic E-state index is -9.68. The first kappa shape index (κ1) is 44.0. The predicted molar refractivity (Wildman–Crippen MR) is 102 cm³/mol. The second-order valence-corrected chi connectivity index (χ2v) is 14.1. The summed E-state index contributed by atoms with van der Waals surface area (Å²) in [4.78, 5) is 0. The molecule has 0 aliphatic carbocycles. The Morgan fingerprint density at radius 1 is 0.417 bits per heavy atom. The number of alkyl halides is 22. The van der Waals surface area contributed by atoms with E-state index in [1.807, 2.05) is 0 Å². The van der Waals surface area contributed by atoms with Gasteiger partial charge in [-0.15, -0.1) is 0 Å². The Labute approximate surface area is 250 Å². The summed E-state index contributed by atoms with van der Waals surface area (Å²) in [6.45, 7) is 0. The van der Waals surface area contributed by atoms with Gasteiger partial charge in [0.05, 0.1) is 0 Å². The van der Waals surface area contributed by atoms with E-state index >= 15 is 0 Å². The van der Waals surface area contributed by atoms with Crippen molar-refractivity contribution in [1.29, 1.82) is 0 Å². The Hall–Kier alpha value is -2.00. The second kappa shape index (κ2) is 11.8. The number of hydrogen-bond acceptors (Lipinski definition) is 3. The minimum absolute atomic E-state index is 2.51. The molecule has 0 radical (unpaired) electrons. The molecule has 1 N–H and O–H groups in total. The van der Waals surface area contributed by atoms with Crippen LogP contribution in [0.5, 0.6) is 0 Å². The van der Waals surface area contributed by atoms with E-state index in [1.165, 1.54) is 0 Å². The van der Waals surface area contributed by atoms with Gasteiger partial charge in [0.25, 0.3) is 0 Å². The molecule has 4 nitrogen and oxygen atoms in total. The van der Waals surface area contributed by atoms with Crippen LogP contribution < -0.4 is 0 Å². The molecule has 0 aliphatic rings. The SMILES string of the molecule is O=S(=O)(O)OI(c1c(F)c(F)c(F)c(F)c1F)C(F)(F)C(F)(F)C(F)(F)C(F)(F)C(F)(F)C(F)(F)C(F)(F)C(F)(F)C(F)(F)C(F)(F)F. The Morgan fingerprint density at radius 3 is 0.896 bits per heavy atom. The summed E-state index contributed by atoms with van der Waals surface area (Å²) in [6, 6.07) is 0. The molecule has 0 aliphatic heterocycles. The van der Waals surface area contributed by atoms with Crippen molar-refractivity contribution in [2.24, 2.45) is 0 Å². The number of rotatable bonds is 12. The van der Waals surface area contributed by atoms with E-state index in [9.17, 15) is 123 Å². The van der Waals surface area contributed by atoms with Crippen LogP contribution in [0.2, 0.25) is 0 Å². The van der Waals surface area contributed by atoms with Crippen molar-refractivity contribution >= 4 is 30.6 Å². The van der Waals surface area contributed by atoms with E-state index in [0.717, 1.165) is 0 Å². The summed E-state index contributed by atoms with van der Waals surface area (Å²) in [7, 11) is -7.24. The van der Waals surface area contributed by atoms with Crippen molar-refractivity contribution in [2.75, 3.05) is 0 Å². The van der Waals surface area contributed by atoms with E-state index < -0.39 is 121 Å². The van der Waals surface area contributed by atoms with Crippen LogP contribution in [0.3, 0.4) is 0 Å². The van der Waals surface area contributed by atoms with Crippen LogP contribution in [0, 0.1) is 32.7 Å². The molecule has 0 saturated carbocycles. The summed E-state index contributed by atoms with van der Waals surface area (Å²) in [5.74, 6) is -93.6. The zero-order chi connectivity index (χ0) is 39.2. The van der Waals surface area contributed by atoms with Crippen molar-refractivity contribution in [1.82, 2.24) is 0 Å². The topological polar surface area (TPSA) is 63.6 Å². The maximum absolute atomic E-state index is 14.6. The van der Waals surface area contributed by atoms with Crippen LogP contribution in [-0.4, -0.2) is 70.5 Å². The molecule has 0 bridgehead atoms. The fourth-order valence-electron chi connectivity index (χ4n) is 2.64. The van der Waals surface area contributed by atoms with Crippen LogP contribution in [0.1, 0.15) is 0 Å². The molecular formula is C16HF26IO4S. The van der Waals surface area contributed by atoms with E-state index in [4.69, 9.17) is 4.55 Å². The van der Waals surface area contributed by atoms with E-state index in [-0.39, 0.29) is 0 Å². The van der Waals surface area contributed by atoms with Crippen molar-refractivity contribution < 1.29 is 130 Å². The van der Waals surface area contributed by atoms with Crippen LogP contribution in [0.4, 0.5) is 114 Å². The molecule has 1 rings (SSSR count). The number of hydrogen-bond donors (Lipinski definition) is 1. The second-order valence-electron chi connectivity index (χ2n) is 8.21. The molecule has 48 heavy (non-hydrogen) atoms. The predicted octanol–water partition coefficient (Wildman–Crippen LogP) is 9.03. The van der Waals surface area contributed by atoms with E-state index in [0.29, 0.717) is 0 Å². The molecule has 0 atom stereocenters. The average molecular weight is 910 g/mol. The van der Waals surface area contributed by atoms with Crippen LogP contribution in [-0.2, 0) is 12.9 Å². The monoisotopic (exact) mass is 910 g/mol. The Balaban J connectivity index is 4.17. The Morgan fingerprint density at radius 2 is 0.646 bits per heavy atom. The standard InChI is InChI=1S/C16HF26IO4S/c17-1-2(18)4(20)6(5(21)3(1)19)43(47-48(44,45)46)16(41,42)14(36,37)12(32,33)10(28,29)8(24,25)7(22,23)9(26,27)11(30,31)13(34,35)15(38,39)40/h(H,44,45,46). The zero-order valence-corrected chi connectivity index (χ0v) is 23.3. The van der Waals surface area contributed by atoms with Gasteiger partial charge < -0.3 is 0 Å². The van der Waals surface area contributed by atoms with Gasteiger partial charge in [-0.1, -0.05) is 0 Å². The number of benzene rings is 1. The first-order valence-corrected chi connectivity index (χ1v) is 14.3. The molecule has 32 heteroatoms. The molecule has 1 aromatic carbocycles. The van der Waals surface area contributed by atoms with Gasteiger partial charge >= 0.3 is 250 Å². The first-order chi connectivity index (χ1) is 20.5. The number of halogens is 27. The summed E-state index contributed by atoms with van der Waals surface area (Å²) in [6.07, 6.45) is -8.23. The Kier molecular flexibility index (Phi) is 10.8. The van der Waals surface area contributed by atoms with E-state index in [2.05, 4.69) is 2.51 Å². The van der Waals surface area contributed by atoms with E-state index in [1.54, 1.807) is 0 Å². The fraction of sp³-hybridized carbons (Fsp3) is 0.625. The van der Waals surface area contributed by atoms with Gasteiger partial charge in [-0.25, -0.2) is 0 Å². The molecule has 284 valence electrons. The molecule has 0 heterocycles. The average Bonchev–Trinajstić information content (AvgIpc) is 2.87. The van der Waals surface area contributed by atoms with Crippen LogP contribution in [0.25, 0.3) is 0 Å².